The summed E-state index contributed by atoms with van der Waals surface area (Å²) in [5, 5.41) is 12.4. The Morgan fingerprint density at radius 3 is 2.61 bits per heavy atom. The van der Waals surface area contributed by atoms with Crippen molar-refractivity contribution in [3.05, 3.63) is 103 Å². The van der Waals surface area contributed by atoms with E-state index in [0.29, 0.717) is 17.9 Å². The van der Waals surface area contributed by atoms with Crippen LogP contribution in [0.4, 0.5) is 5.69 Å². The average molecular weight is 428 g/mol. The van der Waals surface area contributed by atoms with Gasteiger partial charge in [0, 0.05) is 41.5 Å². The van der Waals surface area contributed by atoms with Crippen molar-refractivity contribution in [2.24, 2.45) is 0 Å². The van der Waals surface area contributed by atoms with Crippen LogP contribution in [-0.4, -0.2) is 25.7 Å². The number of thioether (sulfide) groups is 1. The van der Waals surface area contributed by atoms with E-state index < -0.39 is 0 Å². The first-order valence-corrected chi connectivity index (χ1v) is 10.8. The number of amides is 1. The number of para-hydroxylation sites is 1. The fraction of sp³-hybridized carbons (Fsp3) is 0.0833. The Hall–Kier alpha value is -3.71. The standard InChI is InChI=1S/C24H21N5OS/c1-2-15-29-22(19-11-13-25-14-12-19)27-28-24(29)31-17-18-7-6-8-20(16-18)23(30)26-21-9-4-3-5-10-21/h2-14,16H,1,15,17H2,(H,26,30). The second-order valence-corrected chi connectivity index (χ2v) is 7.69. The lowest BCUT2D eigenvalue weighted by molar-refractivity contribution is 0.102. The van der Waals surface area contributed by atoms with Crippen LogP contribution < -0.4 is 5.32 Å². The third kappa shape index (κ3) is 5.07. The number of pyridine rings is 1. The molecular weight excluding hydrogens is 406 g/mol. The lowest BCUT2D eigenvalue weighted by atomic mass is 10.1. The van der Waals surface area contributed by atoms with Crippen molar-refractivity contribution in [3.8, 4) is 11.4 Å². The van der Waals surface area contributed by atoms with Gasteiger partial charge in [-0.2, -0.15) is 0 Å². The molecular formula is C24H21N5OS. The van der Waals surface area contributed by atoms with E-state index in [1.165, 1.54) is 0 Å². The van der Waals surface area contributed by atoms with E-state index in [2.05, 4.69) is 27.1 Å². The highest BCUT2D eigenvalue weighted by Gasteiger charge is 2.14. The van der Waals surface area contributed by atoms with Gasteiger partial charge in [-0.05, 0) is 42.0 Å². The SMILES string of the molecule is C=CCn1c(SCc2cccc(C(=O)Nc3ccccc3)c2)nnc1-c1ccncc1. The molecule has 6 nitrogen and oxygen atoms in total. The molecule has 0 aliphatic carbocycles. The molecule has 1 amide bonds. The van der Waals surface area contributed by atoms with Crippen molar-refractivity contribution in [1.82, 2.24) is 19.7 Å². The number of hydrogen-bond acceptors (Lipinski definition) is 5. The minimum absolute atomic E-state index is 0.132. The van der Waals surface area contributed by atoms with Gasteiger partial charge in [-0.3, -0.25) is 14.3 Å². The topological polar surface area (TPSA) is 72.7 Å². The molecule has 0 spiro atoms. The molecule has 0 aliphatic heterocycles. The fourth-order valence-electron chi connectivity index (χ4n) is 3.08. The highest BCUT2D eigenvalue weighted by Crippen LogP contribution is 2.26. The summed E-state index contributed by atoms with van der Waals surface area (Å²) in [5.74, 6) is 1.31. The first-order valence-electron chi connectivity index (χ1n) is 9.77. The van der Waals surface area contributed by atoms with Gasteiger partial charge >= 0.3 is 0 Å². The second kappa shape index (κ2) is 9.86. The summed E-state index contributed by atoms with van der Waals surface area (Å²) in [7, 11) is 0. The molecule has 31 heavy (non-hydrogen) atoms. The number of benzene rings is 2. The Bertz CT molecular complexity index is 1180. The van der Waals surface area contributed by atoms with Crippen molar-refractivity contribution in [2.45, 2.75) is 17.5 Å². The number of rotatable bonds is 8. The van der Waals surface area contributed by atoms with E-state index in [9.17, 15) is 4.79 Å². The Balaban J connectivity index is 1.48. The van der Waals surface area contributed by atoms with E-state index in [4.69, 9.17) is 0 Å². The summed E-state index contributed by atoms with van der Waals surface area (Å²) in [4.78, 5) is 16.6. The maximum atomic E-state index is 12.6. The summed E-state index contributed by atoms with van der Waals surface area (Å²) >= 11 is 1.57. The zero-order valence-electron chi connectivity index (χ0n) is 16.8. The number of allylic oxidation sites excluding steroid dienone is 1. The van der Waals surface area contributed by atoms with Gasteiger partial charge in [0.05, 0.1) is 0 Å². The van der Waals surface area contributed by atoms with Crippen LogP contribution in [0.2, 0.25) is 0 Å². The molecule has 1 N–H and O–H groups in total. The van der Waals surface area contributed by atoms with Crippen LogP contribution in [0.1, 0.15) is 15.9 Å². The first-order chi connectivity index (χ1) is 15.2. The van der Waals surface area contributed by atoms with E-state index in [-0.39, 0.29) is 5.91 Å². The van der Waals surface area contributed by atoms with Gasteiger partial charge in [0.15, 0.2) is 11.0 Å². The molecule has 0 fully saturated rings. The number of anilines is 1. The summed E-state index contributed by atoms with van der Waals surface area (Å²) in [5.41, 5.74) is 3.38. The summed E-state index contributed by atoms with van der Waals surface area (Å²) in [6.45, 7) is 4.46. The molecule has 2 aromatic heterocycles. The predicted octanol–water partition coefficient (Wildman–Crippen LogP) is 5.07. The largest absolute Gasteiger partial charge is 0.322 e. The molecule has 4 rings (SSSR count). The Morgan fingerprint density at radius 2 is 1.84 bits per heavy atom. The van der Waals surface area contributed by atoms with Crippen LogP contribution in [-0.2, 0) is 12.3 Å². The molecule has 0 atom stereocenters. The highest BCUT2D eigenvalue weighted by molar-refractivity contribution is 7.98. The van der Waals surface area contributed by atoms with E-state index in [0.717, 1.165) is 27.8 Å². The van der Waals surface area contributed by atoms with E-state index in [1.807, 2.05) is 77.4 Å². The zero-order valence-corrected chi connectivity index (χ0v) is 17.6. The number of nitrogens with one attached hydrogen (secondary N) is 1. The Labute approximate surface area is 185 Å². The maximum absolute atomic E-state index is 12.6. The van der Waals surface area contributed by atoms with E-state index >= 15 is 0 Å². The molecule has 7 heteroatoms. The van der Waals surface area contributed by atoms with Gasteiger partial charge in [-0.1, -0.05) is 48.2 Å². The van der Waals surface area contributed by atoms with Gasteiger partial charge in [-0.15, -0.1) is 16.8 Å². The Morgan fingerprint density at radius 1 is 1.03 bits per heavy atom. The molecule has 154 valence electrons. The molecule has 0 saturated heterocycles. The molecule has 2 aromatic carbocycles. The summed E-state index contributed by atoms with van der Waals surface area (Å²) in [6.07, 6.45) is 5.30. The smallest absolute Gasteiger partial charge is 0.255 e. The van der Waals surface area contributed by atoms with Gasteiger partial charge < -0.3 is 5.32 Å². The van der Waals surface area contributed by atoms with Gasteiger partial charge in [0.1, 0.15) is 0 Å². The van der Waals surface area contributed by atoms with Gasteiger partial charge in [-0.25, -0.2) is 0 Å². The minimum Gasteiger partial charge on any atom is -0.322 e. The highest BCUT2D eigenvalue weighted by atomic mass is 32.2. The molecule has 0 saturated carbocycles. The molecule has 0 unspecified atom stereocenters. The normalized spacial score (nSPS) is 10.6. The number of aromatic nitrogens is 4. The van der Waals surface area contributed by atoms with Gasteiger partial charge in [0.2, 0.25) is 0 Å². The summed E-state index contributed by atoms with van der Waals surface area (Å²) in [6, 6.07) is 20.9. The molecule has 0 radical (unpaired) electrons. The second-order valence-electron chi connectivity index (χ2n) is 6.75. The number of carbonyl (C=O) groups excluding carboxylic acids is 1. The van der Waals surface area contributed by atoms with Crippen molar-refractivity contribution < 1.29 is 4.79 Å². The monoisotopic (exact) mass is 427 g/mol. The van der Waals surface area contributed by atoms with E-state index in [1.54, 1.807) is 24.2 Å². The Kier molecular flexibility index (Phi) is 6.54. The van der Waals surface area contributed by atoms with Crippen molar-refractivity contribution in [2.75, 3.05) is 5.32 Å². The number of hydrogen-bond donors (Lipinski definition) is 1. The van der Waals surface area contributed by atoms with Crippen molar-refractivity contribution >= 4 is 23.4 Å². The minimum atomic E-state index is -0.132. The predicted molar refractivity (Wildman–Crippen MR) is 124 cm³/mol. The quantitative estimate of drug-likeness (QED) is 0.314. The molecule has 4 aromatic rings. The first kappa shape index (κ1) is 20.6. The lowest BCUT2D eigenvalue weighted by Crippen LogP contribution is -2.11. The van der Waals surface area contributed by atoms with Crippen LogP contribution >= 0.6 is 11.8 Å². The number of carbonyl (C=O) groups is 1. The third-order valence-electron chi connectivity index (χ3n) is 4.56. The van der Waals surface area contributed by atoms with Crippen molar-refractivity contribution in [3.63, 3.8) is 0 Å². The molecule has 0 bridgehead atoms. The average Bonchev–Trinajstić information content (AvgIpc) is 3.22. The van der Waals surface area contributed by atoms with Crippen molar-refractivity contribution in [1.29, 1.82) is 0 Å². The van der Waals surface area contributed by atoms with Crippen LogP contribution in [0.5, 0.6) is 0 Å². The third-order valence-corrected chi connectivity index (χ3v) is 5.59. The maximum Gasteiger partial charge on any atom is 0.255 e. The zero-order chi connectivity index (χ0) is 21.5. The summed E-state index contributed by atoms with van der Waals surface area (Å²) < 4.78 is 2.03. The van der Waals surface area contributed by atoms with Gasteiger partial charge in [0.25, 0.3) is 5.91 Å². The van der Waals surface area contributed by atoms with Crippen LogP contribution in [0.3, 0.4) is 0 Å². The number of nitrogens with zero attached hydrogens (tertiary/aromatic N) is 4. The molecule has 2 heterocycles. The lowest BCUT2D eigenvalue weighted by Gasteiger charge is -2.09. The molecule has 0 aliphatic rings. The van der Waals surface area contributed by atoms with Crippen LogP contribution in [0, 0.1) is 0 Å². The van der Waals surface area contributed by atoms with Crippen LogP contribution in [0.25, 0.3) is 11.4 Å². The van der Waals surface area contributed by atoms with Crippen LogP contribution in [0.15, 0.2) is 96.9 Å². The fourth-order valence-corrected chi connectivity index (χ4v) is 3.97.